The van der Waals surface area contributed by atoms with Gasteiger partial charge in [-0.15, -0.1) is 0 Å². The van der Waals surface area contributed by atoms with Gasteiger partial charge in [0.2, 0.25) is 0 Å². The second kappa shape index (κ2) is 6.01. The number of hydrogen-bond acceptors (Lipinski definition) is 2. The van der Waals surface area contributed by atoms with Crippen LogP contribution in [0.4, 0.5) is 0 Å². The van der Waals surface area contributed by atoms with Gasteiger partial charge in [-0.3, -0.25) is 4.79 Å². The molecule has 0 fully saturated rings. The zero-order valence-corrected chi connectivity index (χ0v) is 11.2. The first-order valence-corrected chi connectivity index (χ1v) is 6.13. The first kappa shape index (κ1) is 13.2. The molecule has 0 saturated heterocycles. The van der Waals surface area contributed by atoms with Gasteiger partial charge < -0.3 is 11.1 Å². The summed E-state index contributed by atoms with van der Waals surface area (Å²) in [4.78, 5) is 11.8. The molecular weight excluding hydrogens is 268 g/mol. The quantitative estimate of drug-likeness (QED) is 0.891. The molecule has 3 N–H and O–H groups in total. The number of halogens is 1. The van der Waals surface area contributed by atoms with Crippen LogP contribution in [-0.4, -0.2) is 18.5 Å². The van der Waals surface area contributed by atoms with Crippen molar-refractivity contribution in [2.45, 2.75) is 26.3 Å². The maximum atomic E-state index is 11.8. The molecule has 0 spiro atoms. The molecule has 0 bridgehead atoms. The molecular formula is C12H17BrN2O. The Hall–Kier alpha value is -0.870. The molecule has 1 amide bonds. The van der Waals surface area contributed by atoms with Gasteiger partial charge in [0, 0.05) is 22.6 Å². The van der Waals surface area contributed by atoms with Gasteiger partial charge in [-0.1, -0.05) is 22.9 Å². The van der Waals surface area contributed by atoms with E-state index in [4.69, 9.17) is 5.73 Å². The highest BCUT2D eigenvalue weighted by molar-refractivity contribution is 9.10. The summed E-state index contributed by atoms with van der Waals surface area (Å²) in [5.74, 6) is -0.0612. The maximum absolute atomic E-state index is 11.8. The first-order valence-electron chi connectivity index (χ1n) is 5.34. The van der Waals surface area contributed by atoms with E-state index in [0.717, 1.165) is 16.5 Å². The smallest absolute Gasteiger partial charge is 0.251 e. The molecule has 16 heavy (non-hydrogen) atoms. The number of carbonyl (C=O) groups excluding carboxylic acids is 1. The molecule has 1 atom stereocenters. The van der Waals surface area contributed by atoms with Crippen LogP contribution in [0.1, 0.15) is 29.3 Å². The second-order valence-corrected chi connectivity index (χ2v) is 4.75. The maximum Gasteiger partial charge on any atom is 0.251 e. The number of aryl methyl sites for hydroxylation is 1. The number of amides is 1. The predicted octanol–water partition coefficient (Wildman–Crippen LogP) is 2.22. The van der Waals surface area contributed by atoms with E-state index in [1.54, 1.807) is 0 Å². The minimum atomic E-state index is -0.0612. The summed E-state index contributed by atoms with van der Waals surface area (Å²) >= 11 is 3.37. The summed E-state index contributed by atoms with van der Waals surface area (Å²) in [6.07, 6.45) is 0.861. The molecule has 1 aromatic rings. The molecule has 0 aliphatic heterocycles. The lowest BCUT2D eigenvalue weighted by Gasteiger charge is -2.11. The van der Waals surface area contributed by atoms with Crippen molar-refractivity contribution >= 4 is 21.8 Å². The average molecular weight is 285 g/mol. The van der Waals surface area contributed by atoms with Gasteiger partial charge in [-0.05, 0) is 37.1 Å². The zero-order chi connectivity index (χ0) is 12.1. The summed E-state index contributed by atoms with van der Waals surface area (Å²) in [5.41, 5.74) is 7.40. The van der Waals surface area contributed by atoms with Crippen molar-refractivity contribution in [3.8, 4) is 0 Å². The molecule has 0 aliphatic rings. The van der Waals surface area contributed by atoms with Crippen LogP contribution >= 0.6 is 15.9 Å². The Kier molecular flexibility index (Phi) is 4.96. The minimum Gasteiger partial charge on any atom is -0.350 e. The van der Waals surface area contributed by atoms with E-state index in [0.29, 0.717) is 12.1 Å². The monoisotopic (exact) mass is 284 g/mol. The van der Waals surface area contributed by atoms with E-state index in [9.17, 15) is 4.79 Å². The van der Waals surface area contributed by atoms with Crippen molar-refractivity contribution in [2.24, 2.45) is 5.73 Å². The van der Waals surface area contributed by atoms with Gasteiger partial charge in [0.15, 0.2) is 0 Å². The summed E-state index contributed by atoms with van der Waals surface area (Å²) in [5, 5.41) is 2.83. The fourth-order valence-electron chi connectivity index (χ4n) is 1.35. The van der Waals surface area contributed by atoms with E-state index < -0.39 is 0 Å². The standard InChI is InChI=1S/C12H17BrN2O/c1-3-10(14)7-15-12(16)11-5-4-9(13)6-8(11)2/h4-6,10H,3,7,14H2,1-2H3,(H,15,16). The lowest BCUT2D eigenvalue weighted by molar-refractivity contribution is 0.0950. The van der Waals surface area contributed by atoms with Crippen LogP contribution in [0.3, 0.4) is 0 Å². The van der Waals surface area contributed by atoms with Crippen molar-refractivity contribution in [3.63, 3.8) is 0 Å². The van der Waals surface area contributed by atoms with E-state index in [-0.39, 0.29) is 11.9 Å². The number of nitrogens with one attached hydrogen (secondary N) is 1. The Morgan fingerprint density at radius 2 is 2.25 bits per heavy atom. The van der Waals surface area contributed by atoms with E-state index in [2.05, 4.69) is 21.2 Å². The third kappa shape index (κ3) is 3.61. The number of rotatable bonds is 4. The van der Waals surface area contributed by atoms with Crippen LogP contribution in [0.2, 0.25) is 0 Å². The molecule has 1 rings (SSSR count). The summed E-state index contributed by atoms with van der Waals surface area (Å²) in [7, 11) is 0. The molecule has 3 nitrogen and oxygen atoms in total. The van der Waals surface area contributed by atoms with Crippen LogP contribution < -0.4 is 11.1 Å². The predicted molar refractivity (Wildman–Crippen MR) is 69.5 cm³/mol. The Bertz CT molecular complexity index is 379. The Morgan fingerprint density at radius 3 is 2.81 bits per heavy atom. The largest absolute Gasteiger partial charge is 0.350 e. The van der Waals surface area contributed by atoms with Gasteiger partial charge in [-0.2, -0.15) is 0 Å². The third-order valence-corrected chi connectivity index (χ3v) is 2.98. The van der Waals surface area contributed by atoms with Crippen molar-refractivity contribution < 1.29 is 4.79 Å². The lowest BCUT2D eigenvalue weighted by atomic mass is 10.1. The molecule has 88 valence electrons. The van der Waals surface area contributed by atoms with Crippen LogP contribution in [0, 0.1) is 6.92 Å². The van der Waals surface area contributed by atoms with Crippen molar-refractivity contribution in [1.82, 2.24) is 5.32 Å². The number of benzene rings is 1. The van der Waals surface area contributed by atoms with Crippen LogP contribution in [0.5, 0.6) is 0 Å². The molecule has 1 aromatic carbocycles. The summed E-state index contributed by atoms with van der Waals surface area (Å²) in [6, 6.07) is 5.63. The van der Waals surface area contributed by atoms with Gasteiger partial charge in [0.25, 0.3) is 5.91 Å². The van der Waals surface area contributed by atoms with Gasteiger partial charge in [-0.25, -0.2) is 0 Å². The molecule has 0 aromatic heterocycles. The zero-order valence-electron chi connectivity index (χ0n) is 9.59. The lowest BCUT2D eigenvalue weighted by Crippen LogP contribution is -2.36. The van der Waals surface area contributed by atoms with E-state index >= 15 is 0 Å². The molecule has 0 radical (unpaired) electrons. The SMILES string of the molecule is CCC(N)CNC(=O)c1ccc(Br)cc1C. The fraction of sp³-hybridized carbons (Fsp3) is 0.417. The van der Waals surface area contributed by atoms with E-state index in [1.807, 2.05) is 32.0 Å². The minimum absolute atomic E-state index is 0.0275. The number of carbonyl (C=O) groups is 1. The fourth-order valence-corrected chi connectivity index (χ4v) is 1.82. The Labute approximate surface area is 105 Å². The van der Waals surface area contributed by atoms with Gasteiger partial charge in [0.1, 0.15) is 0 Å². The van der Waals surface area contributed by atoms with Crippen LogP contribution in [0.25, 0.3) is 0 Å². The molecule has 0 saturated carbocycles. The van der Waals surface area contributed by atoms with Crippen molar-refractivity contribution in [2.75, 3.05) is 6.54 Å². The average Bonchev–Trinajstić information content (AvgIpc) is 2.25. The highest BCUT2D eigenvalue weighted by Gasteiger charge is 2.09. The third-order valence-electron chi connectivity index (χ3n) is 2.48. The van der Waals surface area contributed by atoms with Crippen LogP contribution in [0.15, 0.2) is 22.7 Å². The summed E-state index contributed by atoms with van der Waals surface area (Å²) < 4.78 is 0.979. The first-order chi connectivity index (χ1) is 7.54. The normalized spacial score (nSPS) is 12.2. The molecule has 0 aliphatic carbocycles. The highest BCUT2D eigenvalue weighted by Crippen LogP contribution is 2.15. The molecule has 1 unspecified atom stereocenters. The van der Waals surface area contributed by atoms with Gasteiger partial charge >= 0.3 is 0 Å². The van der Waals surface area contributed by atoms with Gasteiger partial charge in [0.05, 0.1) is 0 Å². The number of nitrogens with two attached hydrogens (primary N) is 1. The number of hydrogen-bond donors (Lipinski definition) is 2. The molecule has 4 heteroatoms. The Balaban J connectivity index is 2.66. The second-order valence-electron chi connectivity index (χ2n) is 3.84. The van der Waals surface area contributed by atoms with Crippen molar-refractivity contribution in [3.05, 3.63) is 33.8 Å². The molecule has 0 heterocycles. The highest BCUT2D eigenvalue weighted by atomic mass is 79.9. The van der Waals surface area contributed by atoms with Crippen molar-refractivity contribution in [1.29, 1.82) is 0 Å². The topological polar surface area (TPSA) is 55.1 Å². The Morgan fingerprint density at radius 1 is 1.56 bits per heavy atom. The summed E-state index contributed by atoms with van der Waals surface area (Å²) in [6.45, 7) is 4.44. The van der Waals surface area contributed by atoms with Crippen LogP contribution in [-0.2, 0) is 0 Å². The van der Waals surface area contributed by atoms with E-state index in [1.165, 1.54) is 0 Å².